The van der Waals surface area contributed by atoms with Gasteiger partial charge in [0.2, 0.25) is 0 Å². The van der Waals surface area contributed by atoms with E-state index >= 15 is 0 Å². The van der Waals surface area contributed by atoms with Gasteiger partial charge in [0.15, 0.2) is 0 Å². The molecule has 104 valence electrons. The second-order valence-electron chi connectivity index (χ2n) is 4.81. The average Bonchev–Trinajstić information content (AvgIpc) is 2.40. The molecule has 0 aromatic heterocycles. The predicted octanol–water partition coefficient (Wildman–Crippen LogP) is 1.12. The van der Waals surface area contributed by atoms with Gasteiger partial charge in [-0.3, -0.25) is 9.69 Å². The summed E-state index contributed by atoms with van der Waals surface area (Å²) in [6.45, 7) is 3.15. The first-order valence-electron chi connectivity index (χ1n) is 6.59. The number of carbonyl (C=O) groups is 1. The summed E-state index contributed by atoms with van der Waals surface area (Å²) in [6, 6.07) is 5.88. The Balaban J connectivity index is 1.95. The largest absolute Gasteiger partial charge is 0.480 e. The van der Waals surface area contributed by atoms with E-state index in [2.05, 4.69) is 5.32 Å². The van der Waals surface area contributed by atoms with Crippen LogP contribution in [0.3, 0.4) is 0 Å². The summed E-state index contributed by atoms with van der Waals surface area (Å²) in [7, 11) is 0. The number of nitrogens with zero attached hydrogens (tertiary/aromatic N) is 1. The molecule has 4 nitrogen and oxygen atoms in total. The minimum Gasteiger partial charge on any atom is -0.480 e. The Bertz CT molecular complexity index is 433. The van der Waals surface area contributed by atoms with Crippen molar-refractivity contribution in [1.82, 2.24) is 10.2 Å². The SMILES string of the molecule is O=C(O)C(CCc1cccc(F)c1)N1CCNCC1. The molecule has 2 N–H and O–H groups in total. The Labute approximate surface area is 112 Å². The van der Waals surface area contributed by atoms with E-state index in [1.54, 1.807) is 6.07 Å². The first kappa shape index (κ1) is 14.0. The zero-order chi connectivity index (χ0) is 13.7. The Morgan fingerprint density at radius 3 is 2.79 bits per heavy atom. The highest BCUT2D eigenvalue weighted by molar-refractivity contribution is 5.73. The number of aryl methyl sites for hydroxylation is 1. The number of halogens is 1. The summed E-state index contributed by atoms with van der Waals surface area (Å²) in [4.78, 5) is 13.3. The fraction of sp³-hybridized carbons (Fsp3) is 0.500. The zero-order valence-corrected chi connectivity index (χ0v) is 10.8. The summed E-state index contributed by atoms with van der Waals surface area (Å²) in [5.41, 5.74) is 0.849. The van der Waals surface area contributed by atoms with Crippen LogP contribution in [0, 0.1) is 5.82 Å². The molecule has 0 radical (unpaired) electrons. The molecule has 1 saturated heterocycles. The van der Waals surface area contributed by atoms with Crippen LogP contribution in [0.15, 0.2) is 24.3 Å². The van der Waals surface area contributed by atoms with Crippen LogP contribution in [-0.4, -0.2) is 48.2 Å². The molecule has 1 aromatic rings. The third-order valence-electron chi connectivity index (χ3n) is 3.47. The normalized spacial score (nSPS) is 18.2. The maximum Gasteiger partial charge on any atom is 0.320 e. The lowest BCUT2D eigenvalue weighted by Gasteiger charge is -2.32. The van der Waals surface area contributed by atoms with Crippen LogP contribution in [-0.2, 0) is 11.2 Å². The third kappa shape index (κ3) is 4.01. The van der Waals surface area contributed by atoms with Crippen molar-refractivity contribution < 1.29 is 14.3 Å². The molecule has 0 amide bonds. The van der Waals surface area contributed by atoms with Crippen molar-refractivity contribution in [1.29, 1.82) is 0 Å². The number of hydrogen-bond donors (Lipinski definition) is 2. The van der Waals surface area contributed by atoms with Gasteiger partial charge in [0.25, 0.3) is 0 Å². The van der Waals surface area contributed by atoms with Crippen molar-refractivity contribution >= 4 is 5.97 Å². The third-order valence-corrected chi connectivity index (χ3v) is 3.47. The van der Waals surface area contributed by atoms with Gasteiger partial charge >= 0.3 is 5.97 Å². The lowest BCUT2D eigenvalue weighted by atomic mass is 10.0. The van der Waals surface area contributed by atoms with Crippen molar-refractivity contribution in [2.24, 2.45) is 0 Å². The van der Waals surface area contributed by atoms with Crippen LogP contribution in [0.1, 0.15) is 12.0 Å². The standard InChI is InChI=1S/C14H19FN2O2/c15-12-3-1-2-11(10-12)4-5-13(14(18)19)17-8-6-16-7-9-17/h1-3,10,13,16H,4-9H2,(H,18,19). The zero-order valence-electron chi connectivity index (χ0n) is 10.8. The summed E-state index contributed by atoms with van der Waals surface area (Å²) >= 11 is 0. The fourth-order valence-electron chi connectivity index (χ4n) is 2.45. The first-order chi connectivity index (χ1) is 9.16. The highest BCUT2D eigenvalue weighted by atomic mass is 19.1. The predicted molar refractivity (Wildman–Crippen MR) is 70.6 cm³/mol. The van der Waals surface area contributed by atoms with Crippen LogP contribution >= 0.6 is 0 Å². The van der Waals surface area contributed by atoms with Gasteiger partial charge < -0.3 is 10.4 Å². The van der Waals surface area contributed by atoms with Crippen LogP contribution in [0.25, 0.3) is 0 Å². The lowest BCUT2D eigenvalue weighted by molar-refractivity contribution is -0.143. The van der Waals surface area contributed by atoms with Crippen molar-refractivity contribution in [3.05, 3.63) is 35.6 Å². The van der Waals surface area contributed by atoms with Crippen LogP contribution in [0.2, 0.25) is 0 Å². The van der Waals surface area contributed by atoms with Gasteiger partial charge in [-0.2, -0.15) is 0 Å². The van der Waals surface area contributed by atoms with Gasteiger partial charge in [-0.25, -0.2) is 4.39 Å². The Morgan fingerprint density at radius 2 is 2.16 bits per heavy atom. The molecule has 1 unspecified atom stereocenters. The highest BCUT2D eigenvalue weighted by Crippen LogP contribution is 2.12. The molecule has 1 aliphatic heterocycles. The molecular weight excluding hydrogens is 247 g/mol. The molecule has 1 aromatic carbocycles. The molecule has 2 rings (SSSR count). The summed E-state index contributed by atoms with van der Waals surface area (Å²) < 4.78 is 13.1. The van der Waals surface area contributed by atoms with Gasteiger partial charge in [-0.1, -0.05) is 12.1 Å². The molecule has 0 bridgehead atoms. The average molecular weight is 266 g/mol. The van der Waals surface area contributed by atoms with Gasteiger partial charge in [0.1, 0.15) is 11.9 Å². The first-order valence-corrected chi connectivity index (χ1v) is 6.59. The van der Waals surface area contributed by atoms with E-state index < -0.39 is 12.0 Å². The monoisotopic (exact) mass is 266 g/mol. The van der Waals surface area contributed by atoms with E-state index in [0.717, 1.165) is 31.7 Å². The summed E-state index contributed by atoms with van der Waals surface area (Å²) in [5.74, 6) is -1.06. The van der Waals surface area contributed by atoms with Crippen LogP contribution in [0.5, 0.6) is 0 Å². The number of benzene rings is 1. The number of carboxylic acids is 1. The quantitative estimate of drug-likeness (QED) is 0.838. The highest BCUT2D eigenvalue weighted by Gasteiger charge is 2.26. The fourth-order valence-corrected chi connectivity index (χ4v) is 2.45. The lowest BCUT2D eigenvalue weighted by Crippen LogP contribution is -2.51. The molecule has 0 aliphatic carbocycles. The number of nitrogens with one attached hydrogen (secondary N) is 1. The minimum absolute atomic E-state index is 0.272. The van der Waals surface area contributed by atoms with Crippen molar-refractivity contribution in [2.45, 2.75) is 18.9 Å². The van der Waals surface area contributed by atoms with Gasteiger partial charge in [0.05, 0.1) is 0 Å². The molecule has 1 aliphatic rings. The second-order valence-corrected chi connectivity index (χ2v) is 4.81. The number of aliphatic carboxylic acids is 1. The van der Waals surface area contributed by atoms with Crippen molar-refractivity contribution in [3.8, 4) is 0 Å². The molecule has 1 fully saturated rings. The molecular formula is C14H19FN2O2. The molecule has 1 atom stereocenters. The Hall–Kier alpha value is -1.46. The Kier molecular flexibility index (Phi) is 4.87. The second kappa shape index (κ2) is 6.63. The molecule has 0 saturated carbocycles. The van der Waals surface area contributed by atoms with E-state index in [1.807, 2.05) is 11.0 Å². The van der Waals surface area contributed by atoms with E-state index in [-0.39, 0.29) is 5.82 Å². The van der Waals surface area contributed by atoms with Crippen LogP contribution in [0.4, 0.5) is 4.39 Å². The Morgan fingerprint density at radius 1 is 1.42 bits per heavy atom. The van der Waals surface area contributed by atoms with Gasteiger partial charge in [0, 0.05) is 26.2 Å². The van der Waals surface area contributed by atoms with E-state index in [9.17, 15) is 14.3 Å². The maximum absolute atomic E-state index is 13.1. The van der Waals surface area contributed by atoms with Crippen molar-refractivity contribution in [3.63, 3.8) is 0 Å². The smallest absolute Gasteiger partial charge is 0.320 e. The van der Waals surface area contributed by atoms with E-state index in [4.69, 9.17) is 0 Å². The van der Waals surface area contributed by atoms with Gasteiger partial charge in [-0.15, -0.1) is 0 Å². The molecule has 19 heavy (non-hydrogen) atoms. The van der Waals surface area contributed by atoms with Crippen molar-refractivity contribution in [2.75, 3.05) is 26.2 Å². The van der Waals surface area contributed by atoms with Crippen LogP contribution < -0.4 is 5.32 Å². The van der Waals surface area contributed by atoms with Gasteiger partial charge in [-0.05, 0) is 30.5 Å². The number of hydrogen-bond acceptors (Lipinski definition) is 3. The number of carboxylic acid groups (broad SMARTS) is 1. The summed E-state index contributed by atoms with van der Waals surface area (Å²) in [5, 5.41) is 12.5. The number of rotatable bonds is 5. The summed E-state index contributed by atoms with van der Waals surface area (Å²) in [6.07, 6.45) is 1.09. The maximum atomic E-state index is 13.1. The minimum atomic E-state index is -0.793. The van der Waals surface area contributed by atoms with E-state index in [0.29, 0.717) is 12.8 Å². The molecule has 1 heterocycles. The molecule has 0 spiro atoms. The topological polar surface area (TPSA) is 52.6 Å². The molecule has 5 heteroatoms. The number of piperazine rings is 1. The van der Waals surface area contributed by atoms with E-state index in [1.165, 1.54) is 12.1 Å².